The second-order valence-corrected chi connectivity index (χ2v) is 4.44. The summed E-state index contributed by atoms with van der Waals surface area (Å²) in [6.07, 6.45) is 1.06. The summed E-state index contributed by atoms with van der Waals surface area (Å²) < 4.78 is 5.26. The quantitative estimate of drug-likeness (QED) is 0.843. The van der Waals surface area contributed by atoms with Crippen molar-refractivity contribution in [3.63, 3.8) is 0 Å². The standard InChI is InChI=1S/C13H16N2O3/c1-8(16)2-4-10(14)9-3-5-12-11(6-9)15-13(17)7-18-12/h3,5-6,10H,2,4,7,14H2,1H3,(H,15,17). The molecular weight excluding hydrogens is 232 g/mol. The summed E-state index contributed by atoms with van der Waals surface area (Å²) in [5.74, 6) is 0.606. The minimum atomic E-state index is -0.210. The Bertz CT molecular complexity index is 485. The summed E-state index contributed by atoms with van der Waals surface area (Å²) in [6.45, 7) is 1.59. The highest BCUT2D eigenvalue weighted by Crippen LogP contribution is 2.30. The van der Waals surface area contributed by atoms with Gasteiger partial charge in [0.1, 0.15) is 11.5 Å². The molecule has 0 saturated carbocycles. The van der Waals surface area contributed by atoms with E-state index in [0.717, 1.165) is 5.56 Å². The number of carbonyl (C=O) groups excluding carboxylic acids is 2. The Hall–Kier alpha value is -1.88. The number of nitrogens with one attached hydrogen (secondary N) is 1. The lowest BCUT2D eigenvalue weighted by Crippen LogP contribution is -2.25. The van der Waals surface area contributed by atoms with Crippen molar-refractivity contribution in [2.24, 2.45) is 5.73 Å². The highest BCUT2D eigenvalue weighted by atomic mass is 16.5. The molecule has 0 radical (unpaired) electrons. The first-order chi connectivity index (χ1) is 8.56. The molecule has 18 heavy (non-hydrogen) atoms. The van der Waals surface area contributed by atoms with E-state index < -0.39 is 0 Å². The molecule has 1 aliphatic heterocycles. The summed E-state index contributed by atoms with van der Waals surface area (Å²) in [7, 11) is 0. The van der Waals surface area contributed by atoms with Crippen LogP contribution in [0, 0.1) is 0 Å². The number of Topliss-reactive ketones (excluding diaryl/α,β-unsaturated/α-hetero) is 1. The van der Waals surface area contributed by atoms with Gasteiger partial charge in [0.15, 0.2) is 6.61 Å². The molecular formula is C13H16N2O3. The van der Waals surface area contributed by atoms with E-state index in [1.807, 2.05) is 6.07 Å². The Kier molecular flexibility index (Phi) is 3.62. The van der Waals surface area contributed by atoms with Crippen LogP contribution in [0.25, 0.3) is 0 Å². The van der Waals surface area contributed by atoms with E-state index in [2.05, 4.69) is 5.32 Å². The monoisotopic (exact) mass is 248 g/mol. The third kappa shape index (κ3) is 2.87. The van der Waals surface area contributed by atoms with Gasteiger partial charge in [-0.2, -0.15) is 0 Å². The van der Waals surface area contributed by atoms with Crippen molar-refractivity contribution >= 4 is 17.4 Å². The molecule has 1 amide bonds. The van der Waals surface area contributed by atoms with Crippen molar-refractivity contribution in [1.29, 1.82) is 0 Å². The molecule has 0 bridgehead atoms. The van der Waals surface area contributed by atoms with Crippen LogP contribution in [0.2, 0.25) is 0 Å². The van der Waals surface area contributed by atoms with Crippen LogP contribution < -0.4 is 15.8 Å². The molecule has 1 unspecified atom stereocenters. The predicted octanol–water partition coefficient (Wildman–Crippen LogP) is 1.39. The average Bonchev–Trinajstić information content (AvgIpc) is 2.34. The third-order valence-corrected chi connectivity index (χ3v) is 2.87. The molecule has 0 spiro atoms. The summed E-state index contributed by atoms with van der Waals surface area (Å²) in [6, 6.07) is 5.24. The van der Waals surface area contributed by atoms with Crippen molar-refractivity contribution in [1.82, 2.24) is 0 Å². The number of rotatable bonds is 4. The van der Waals surface area contributed by atoms with Gasteiger partial charge in [-0.15, -0.1) is 0 Å². The van der Waals surface area contributed by atoms with E-state index in [0.29, 0.717) is 24.3 Å². The highest BCUT2D eigenvalue weighted by molar-refractivity contribution is 5.95. The van der Waals surface area contributed by atoms with Crippen molar-refractivity contribution < 1.29 is 14.3 Å². The fourth-order valence-corrected chi connectivity index (χ4v) is 1.86. The van der Waals surface area contributed by atoms with E-state index in [4.69, 9.17) is 10.5 Å². The first kappa shape index (κ1) is 12.6. The lowest BCUT2D eigenvalue weighted by Gasteiger charge is -2.20. The maximum Gasteiger partial charge on any atom is 0.262 e. The van der Waals surface area contributed by atoms with Crippen LogP contribution >= 0.6 is 0 Å². The first-order valence-corrected chi connectivity index (χ1v) is 5.88. The predicted molar refractivity (Wildman–Crippen MR) is 67.4 cm³/mol. The molecule has 1 aromatic carbocycles. The molecule has 1 atom stereocenters. The topological polar surface area (TPSA) is 81.4 Å². The largest absolute Gasteiger partial charge is 0.482 e. The van der Waals surface area contributed by atoms with E-state index >= 15 is 0 Å². The van der Waals surface area contributed by atoms with Crippen molar-refractivity contribution in [2.75, 3.05) is 11.9 Å². The van der Waals surface area contributed by atoms with Gasteiger partial charge in [-0.05, 0) is 31.0 Å². The number of carbonyl (C=O) groups is 2. The highest BCUT2D eigenvalue weighted by Gasteiger charge is 2.17. The molecule has 0 aromatic heterocycles. The Morgan fingerprint density at radius 1 is 1.56 bits per heavy atom. The average molecular weight is 248 g/mol. The minimum Gasteiger partial charge on any atom is -0.482 e. The zero-order chi connectivity index (χ0) is 13.1. The Morgan fingerprint density at radius 2 is 2.33 bits per heavy atom. The maximum atomic E-state index is 11.2. The molecule has 0 fully saturated rings. The zero-order valence-electron chi connectivity index (χ0n) is 10.2. The maximum absolute atomic E-state index is 11.2. The number of benzene rings is 1. The summed E-state index contributed by atoms with van der Waals surface area (Å²) in [5.41, 5.74) is 7.54. The second kappa shape index (κ2) is 5.18. The van der Waals surface area contributed by atoms with E-state index in [1.54, 1.807) is 19.1 Å². The number of ether oxygens (including phenoxy) is 1. The van der Waals surface area contributed by atoms with Gasteiger partial charge in [0, 0.05) is 12.5 Å². The van der Waals surface area contributed by atoms with Crippen molar-refractivity contribution in [3.05, 3.63) is 23.8 Å². The molecule has 5 heteroatoms. The Morgan fingerprint density at radius 3 is 3.06 bits per heavy atom. The molecule has 1 heterocycles. The number of anilines is 1. The number of amides is 1. The Balaban J connectivity index is 2.12. The molecule has 5 nitrogen and oxygen atoms in total. The van der Waals surface area contributed by atoms with E-state index in [9.17, 15) is 9.59 Å². The van der Waals surface area contributed by atoms with Gasteiger partial charge < -0.3 is 20.6 Å². The Labute approximate surface area is 105 Å². The van der Waals surface area contributed by atoms with Gasteiger partial charge >= 0.3 is 0 Å². The molecule has 2 rings (SSSR count). The lowest BCUT2D eigenvalue weighted by atomic mass is 10.0. The van der Waals surface area contributed by atoms with Gasteiger partial charge in [-0.25, -0.2) is 0 Å². The van der Waals surface area contributed by atoms with Crippen molar-refractivity contribution in [2.45, 2.75) is 25.8 Å². The van der Waals surface area contributed by atoms with Gasteiger partial charge in [-0.3, -0.25) is 4.79 Å². The second-order valence-electron chi connectivity index (χ2n) is 4.44. The van der Waals surface area contributed by atoms with Gasteiger partial charge in [0.05, 0.1) is 5.69 Å². The number of hydrogen-bond acceptors (Lipinski definition) is 4. The van der Waals surface area contributed by atoms with Gasteiger partial charge in [0.25, 0.3) is 5.91 Å². The summed E-state index contributed by atoms with van der Waals surface area (Å²) >= 11 is 0. The van der Waals surface area contributed by atoms with Crippen LogP contribution in [-0.2, 0) is 9.59 Å². The van der Waals surface area contributed by atoms with Crippen LogP contribution in [0.15, 0.2) is 18.2 Å². The van der Waals surface area contributed by atoms with Crippen molar-refractivity contribution in [3.8, 4) is 5.75 Å². The number of hydrogen-bond donors (Lipinski definition) is 2. The number of ketones is 1. The van der Waals surface area contributed by atoms with Crippen LogP contribution in [0.1, 0.15) is 31.4 Å². The SMILES string of the molecule is CC(=O)CCC(N)c1ccc2c(c1)NC(=O)CO2. The number of fused-ring (bicyclic) bond motifs is 1. The smallest absolute Gasteiger partial charge is 0.262 e. The molecule has 1 aromatic rings. The fourth-order valence-electron chi connectivity index (χ4n) is 1.86. The van der Waals surface area contributed by atoms with Crippen LogP contribution in [0.3, 0.4) is 0 Å². The van der Waals surface area contributed by atoms with E-state index in [1.165, 1.54) is 0 Å². The summed E-state index contributed by atoms with van der Waals surface area (Å²) in [4.78, 5) is 22.1. The van der Waals surface area contributed by atoms with Crippen LogP contribution in [0.4, 0.5) is 5.69 Å². The fraction of sp³-hybridized carbons (Fsp3) is 0.385. The molecule has 1 aliphatic rings. The lowest BCUT2D eigenvalue weighted by molar-refractivity contribution is -0.119. The zero-order valence-corrected chi connectivity index (χ0v) is 10.2. The third-order valence-electron chi connectivity index (χ3n) is 2.87. The van der Waals surface area contributed by atoms with Gasteiger partial charge in [0.2, 0.25) is 0 Å². The number of nitrogens with two attached hydrogens (primary N) is 1. The van der Waals surface area contributed by atoms with Crippen LogP contribution in [-0.4, -0.2) is 18.3 Å². The molecule has 96 valence electrons. The van der Waals surface area contributed by atoms with Crippen LogP contribution in [0.5, 0.6) is 5.75 Å². The summed E-state index contributed by atoms with van der Waals surface area (Å²) in [5, 5.41) is 2.73. The molecule has 0 saturated heterocycles. The molecule has 0 aliphatic carbocycles. The molecule has 3 N–H and O–H groups in total. The van der Waals surface area contributed by atoms with Gasteiger partial charge in [-0.1, -0.05) is 6.07 Å². The first-order valence-electron chi connectivity index (χ1n) is 5.88. The minimum absolute atomic E-state index is 0.0444. The normalized spacial score (nSPS) is 15.3. The van der Waals surface area contributed by atoms with E-state index in [-0.39, 0.29) is 24.3 Å².